The van der Waals surface area contributed by atoms with Crippen LogP contribution in [0.15, 0.2) is 42.5 Å². The summed E-state index contributed by atoms with van der Waals surface area (Å²) < 4.78 is 19.3. The molecule has 5 nitrogen and oxygen atoms in total. The summed E-state index contributed by atoms with van der Waals surface area (Å²) in [4.78, 5) is 24.0. The highest BCUT2D eigenvalue weighted by Crippen LogP contribution is 2.29. The minimum Gasteiger partial charge on any atom is -0.478 e. The van der Waals surface area contributed by atoms with Gasteiger partial charge in [0.05, 0.1) is 17.8 Å². The number of rotatable bonds is 3. The molecule has 2 aromatic carbocycles. The number of ether oxygens (including phenoxy) is 1. The number of anilines is 2. The summed E-state index contributed by atoms with van der Waals surface area (Å²) in [6.45, 7) is 1.76. The molecule has 0 bridgehead atoms. The average Bonchev–Trinajstić information content (AvgIpc) is 2.51. The van der Waals surface area contributed by atoms with Crippen molar-refractivity contribution in [3.05, 3.63) is 53.8 Å². The van der Waals surface area contributed by atoms with Gasteiger partial charge in [0, 0.05) is 0 Å². The van der Waals surface area contributed by atoms with E-state index in [0.29, 0.717) is 11.4 Å². The van der Waals surface area contributed by atoms with Crippen molar-refractivity contribution in [2.75, 3.05) is 10.6 Å². The number of carbonyl (C=O) groups excluding carboxylic acids is 2. The Morgan fingerprint density at radius 2 is 2.09 bits per heavy atom. The molecule has 1 unspecified atom stereocenters. The SMILES string of the molecule is Cc1ccc(NC(=O)CC2Oc3ccccc3NC2=O)c(F)c1. The first-order valence-corrected chi connectivity index (χ1v) is 7.15. The van der Waals surface area contributed by atoms with Gasteiger partial charge < -0.3 is 15.4 Å². The number of para-hydroxylation sites is 2. The summed E-state index contributed by atoms with van der Waals surface area (Å²) in [5.74, 6) is -0.903. The second-order valence-corrected chi connectivity index (χ2v) is 5.33. The van der Waals surface area contributed by atoms with E-state index >= 15 is 0 Å². The second kappa shape index (κ2) is 6.08. The highest BCUT2D eigenvalue weighted by Gasteiger charge is 2.29. The average molecular weight is 314 g/mol. The van der Waals surface area contributed by atoms with Crippen LogP contribution in [0.3, 0.4) is 0 Å². The Balaban J connectivity index is 1.67. The van der Waals surface area contributed by atoms with Crippen molar-refractivity contribution in [1.29, 1.82) is 0 Å². The molecule has 118 valence electrons. The lowest BCUT2D eigenvalue weighted by Gasteiger charge is -2.25. The van der Waals surface area contributed by atoms with Crippen molar-refractivity contribution in [2.45, 2.75) is 19.4 Å². The van der Waals surface area contributed by atoms with Crippen molar-refractivity contribution < 1.29 is 18.7 Å². The first-order chi connectivity index (χ1) is 11.0. The molecule has 0 spiro atoms. The quantitative estimate of drug-likeness (QED) is 0.915. The van der Waals surface area contributed by atoms with Gasteiger partial charge in [0.25, 0.3) is 5.91 Å². The van der Waals surface area contributed by atoms with E-state index in [2.05, 4.69) is 10.6 Å². The van der Waals surface area contributed by atoms with Crippen LogP contribution in [0.2, 0.25) is 0 Å². The third-order valence-corrected chi connectivity index (χ3v) is 3.48. The van der Waals surface area contributed by atoms with E-state index in [1.54, 1.807) is 37.3 Å². The summed E-state index contributed by atoms with van der Waals surface area (Å²) in [5, 5.41) is 5.14. The Labute approximate surface area is 132 Å². The molecule has 2 aromatic rings. The molecule has 0 radical (unpaired) electrons. The molecule has 3 rings (SSSR count). The van der Waals surface area contributed by atoms with Gasteiger partial charge >= 0.3 is 0 Å². The maximum absolute atomic E-state index is 13.7. The summed E-state index contributed by atoms with van der Waals surface area (Å²) in [7, 11) is 0. The first-order valence-electron chi connectivity index (χ1n) is 7.15. The van der Waals surface area contributed by atoms with Crippen molar-refractivity contribution in [3.8, 4) is 5.75 Å². The Bertz CT molecular complexity index is 776. The fourth-order valence-electron chi connectivity index (χ4n) is 2.32. The minimum atomic E-state index is -0.946. The molecule has 1 heterocycles. The Morgan fingerprint density at radius 3 is 2.87 bits per heavy atom. The van der Waals surface area contributed by atoms with Crippen LogP contribution in [0.25, 0.3) is 0 Å². The highest BCUT2D eigenvalue weighted by atomic mass is 19.1. The van der Waals surface area contributed by atoms with Gasteiger partial charge in [-0.25, -0.2) is 4.39 Å². The van der Waals surface area contributed by atoms with Gasteiger partial charge in [0.15, 0.2) is 6.10 Å². The van der Waals surface area contributed by atoms with Crippen molar-refractivity contribution >= 4 is 23.2 Å². The molecule has 0 aromatic heterocycles. The zero-order chi connectivity index (χ0) is 16.4. The fraction of sp³-hybridized carbons (Fsp3) is 0.176. The molecule has 1 atom stereocenters. The standard InChI is InChI=1S/C17H15FN2O3/c1-10-6-7-12(11(18)8-10)19-16(21)9-15-17(22)20-13-4-2-3-5-14(13)23-15/h2-8,15H,9H2,1H3,(H,19,21)(H,20,22). The second-order valence-electron chi connectivity index (χ2n) is 5.33. The van der Waals surface area contributed by atoms with Gasteiger partial charge in [-0.05, 0) is 36.8 Å². The molecule has 0 saturated carbocycles. The van der Waals surface area contributed by atoms with Crippen molar-refractivity contribution in [3.63, 3.8) is 0 Å². The molecule has 1 aliphatic rings. The lowest BCUT2D eigenvalue weighted by Crippen LogP contribution is -2.39. The van der Waals surface area contributed by atoms with Gasteiger partial charge in [0.2, 0.25) is 5.91 Å². The summed E-state index contributed by atoms with van der Waals surface area (Å²) in [6, 6.07) is 11.5. The van der Waals surface area contributed by atoms with Gasteiger partial charge in [-0.2, -0.15) is 0 Å². The number of hydrogen-bond donors (Lipinski definition) is 2. The number of carbonyl (C=O) groups is 2. The Hall–Kier alpha value is -2.89. The van der Waals surface area contributed by atoms with Crippen LogP contribution in [0.4, 0.5) is 15.8 Å². The molecular weight excluding hydrogens is 299 g/mol. The molecule has 2 N–H and O–H groups in total. The van der Waals surface area contributed by atoms with E-state index in [9.17, 15) is 14.0 Å². The van der Waals surface area contributed by atoms with Crippen LogP contribution < -0.4 is 15.4 Å². The van der Waals surface area contributed by atoms with Crippen LogP contribution in [0, 0.1) is 12.7 Å². The fourth-order valence-corrected chi connectivity index (χ4v) is 2.32. The molecule has 0 saturated heterocycles. The van der Waals surface area contributed by atoms with Crippen LogP contribution in [-0.2, 0) is 9.59 Å². The van der Waals surface area contributed by atoms with E-state index in [0.717, 1.165) is 5.56 Å². The van der Waals surface area contributed by atoms with Gasteiger partial charge in [0.1, 0.15) is 11.6 Å². The van der Waals surface area contributed by atoms with Crippen molar-refractivity contribution in [2.24, 2.45) is 0 Å². The predicted octanol–water partition coefficient (Wildman–Crippen LogP) is 2.86. The normalized spacial score (nSPS) is 16.1. The topological polar surface area (TPSA) is 67.4 Å². The van der Waals surface area contributed by atoms with Crippen molar-refractivity contribution in [1.82, 2.24) is 0 Å². The predicted molar refractivity (Wildman–Crippen MR) is 83.9 cm³/mol. The maximum Gasteiger partial charge on any atom is 0.266 e. The van der Waals surface area contributed by atoms with Crippen LogP contribution in [-0.4, -0.2) is 17.9 Å². The Morgan fingerprint density at radius 1 is 1.30 bits per heavy atom. The lowest BCUT2D eigenvalue weighted by atomic mass is 10.1. The van der Waals surface area contributed by atoms with Crippen LogP contribution >= 0.6 is 0 Å². The maximum atomic E-state index is 13.7. The molecule has 1 aliphatic heterocycles. The molecule has 23 heavy (non-hydrogen) atoms. The van der Waals surface area contributed by atoms with E-state index in [1.165, 1.54) is 12.1 Å². The van der Waals surface area contributed by atoms with E-state index in [1.807, 2.05) is 0 Å². The summed E-state index contributed by atoms with van der Waals surface area (Å²) >= 11 is 0. The third-order valence-electron chi connectivity index (χ3n) is 3.48. The number of amides is 2. The summed E-state index contributed by atoms with van der Waals surface area (Å²) in [5.41, 5.74) is 1.41. The smallest absolute Gasteiger partial charge is 0.266 e. The lowest BCUT2D eigenvalue weighted by molar-refractivity contribution is -0.128. The number of aryl methyl sites for hydroxylation is 1. The molecular formula is C17H15FN2O3. The van der Waals surface area contributed by atoms with E-state index < -0.39 is 23.7 Å². The van der Waals surface area contributed by atoms with Gasteiger partial charge in [-0.1, -0.05) is 18.2 Å². The monoisotopic (exact) mass is 314 g/mol. The number of fused-ring (bicyclic) bond motifs is 1. The largest absolute Gasteiger partial charge is 0.478 e. The molecule has 6 heteroatoms. The molecule has 0 aliphatic carbocycles. The zero-order valence-electron chi connectivity index (χ0n) is 12.4. The van der Waals surface area contributed by atoms with E-state index in [-0.39, 0.29) is 12.1 Å². The number of halogens is 1. The zero-order valence-corrected chi connectivity index (χ0v) is 12.4. The first kappa shape index (κ1) is 15.0. The Kier molecular flexibility index (Phi) is 3.97. The molecule has 2 amide bonds. The highest BCUT2D eigenvalue weighted by molar-refractivity contribution is 6.01. The molecule has 0 fully saturated rings. The van der Waals surface area contributed by atoms with Crippen LogP contribution in [0.1, 0.15) is 12.0 Å². The minimum absolute atomic E-state index is 0.0808. The van der Waals surface area contributed by atoms with Gasteiger partial charge in [-0.15, -0.1) is 0 Å². The third kappa shape index (κ3) is 3.31. The van der Waals surface area contributed by atoms with E-state index in [4.69, 9.17) is 4.74 Å². The van der Waals surface area contributed by atoms with Crippen LogP contribution in [0.5, 0.6) is 5.75 Å². The number of nitrogens with one attached hydrogen (secondary N) is 2. The summed E-state index contributed by atoms with van der Waals surface area (Å²) in [6.07, 6.45) is -1.15. The number of benzene rings is 2. The van der Waals surface area contributed by atoms with Gasteiger partial charge in [-0.3, -0.25) is 9.59 Å². The number of hydrogen-bond acceptors (Lipinski definition) is 3.